The molecular formula is C20H16ClFN6O2. The highest BCUT2D eigenvalue weighted by atomic mass is 35.5. The molecule has 0 spiro atoms. The number of aromatic amines is 1. The van der Waals surface area contributed by atoms with Crippen LogP contribution in [0.25, 0.3) is 5.69 Å². The van der Waals surface area contributed by atoms with Crippen LogP contribution >= 0.6 is 11.6 Å². The average molecular weight is 427 g/mol. The van der Waals surface area contributed by atoms with E-state index >= 15 is 0 Å². The largest absolute Gasteiger partial charge is 0.295 e. The van der Waals surface area contributed by atoms with Gasteiger partial charge in [-0.2, -0.15) is 0 Å². The number of halogens is 2. The molecule has 1 N–H and O–H groups in total. The first kappa shape index (κ1) is 19.7. The summed E-state index contributed by atoms with van der Waals surface area (Å²) in [4.78, 5) is 30.0. The second-order valence-electron chi connectivity index (χ2n) is 6.73. The van der Waals surface area contributed by atoms with Gasteiger partial charge in [-0.1, -0.05) is 22.9 Å². The molecule has 0 aliphatic carbocycles. The number of carbonyl (C=O) groups is 1. The van der Waals surface area contributed by atoms with Gasteiger partial charge in [-0.3, -0.25) is 14.7 Å². The maximum Gasteiger partial charge on any atom is 0.282 e. The van der Waals surface area contributed by atoms with E-state index in [1.807, 2.05) is 0 Å². The van der Waals surface area contributed by atoms with Crippen LogP contribution in [-0.4, -0.2) is 35.5 Å². The van der Waals surface area contributed by atoms with E-state index in [0.29, 0.717) is 28.8 Å². The molecule has 3 heterocycles. The third-order valence-corrected chi connectivity index (χ3v) is 4.93. The summed E-state index contributed by atoms with van der Waals surface area (Å²) in [5.74, 6) is -0.956. The molecule has 0 saturated heterocycles. The van der Waals surface area contributed by atoms with Gasteiger partial charge in [0.15, 0.2) is 5.69 Å². The van der Waals surface area contributed by atoms with Crippen molar-refractivity contribution in [2.45, 2.75) is 20.4 Å². The predicted octanol–water partition coefficient (Wildman–Crippen LogP) is 2.84. The normalized spacial score (nSPS) is 11.1. The molecule has 8 nitrogen and oxygen atoms in total. The predicted molar refractivity (Wildman–Crippen MR) is 108 cm³/mol. The first-order chi connectivity index (χ1) is 14.3. The molecule has 3 aromatic heterocycles. The molecule has 1 aromatic carbocycles. The Morgan fingerprint density at radius 2 is 1.90 bits per heavy atom. The molecule has 0 fully saturated rings. The number of carbonyl (C=O) groups excluding carboxylic acids is 1. The Balaban J connectivity index is 1.67. The molecule has 0 amide bonds. The summed E-state index contributed by atoms with van der Waals surface area (Å²) in [5, 5.41) is 11.3. The summed E-state index contributed by atoms with van der Waals surface area (Å²) < 4.78 is 15.9. The molecule has 152 valence electrons. The van der Waals surface area contributed by atoms with Crippen molar-refractivity contribution in [3.8, 4) is 5.69 Å². The van der Waals surface area contributed by atoms with Crippen molar-refractivity contribution < 1.29 is 9.18 Å². The number of aromatic nitrogens is 6. The lowest BCUT2D eigenvalue weighted by Crippen LogP contribution is -2.21. The minimum absolute atomic E-state index is 0.0392. The van der Waals surface area contributed by atoms with Crippen LogP contribution in [0.4, 0.5) is 4.39 Å². The molecular weight excluding hydrogens is 411 g/mol. The van der Waals surface area contributed by atoms with E-state index < -0.39 is 17.2 Å². The first-order valence-electron chi connectivity index (χ1n) is 8.98. The van der Waals surface area contributed by atoms with E-state index in [1.54, 1.807) is 36.9 Å². The Morgan fingerprint density at radius 3 is 2.57 bits per heavy atom. The van der Waals surface area contributed by atoms with E-state index in [-0.39, 0.29) is 11.3 Å². The van der Waals surface area contributed by atoms with Gasteiger partial charge < -0.3 is 0 Å². The van der Waals surface area contributed by atoms with Crippen molar-refractivity contribution in [1.29, 1.82) is 0 Å². The van der Waals surface area contributed by atoms with Gasteiger partial charge in [0.1, 0.15) is 16.5 Å². The summed E-state index contributed by atoms with van der Waals surface area (Å²) in [6.45, 7) is 3.67. The quantitative estimate of drug-likeness (QED) is 0.391. The molecule has 4 aromatic rings. The minimum atomic E-state index is -0.542. The topological polar surface area (TPSA) is 98.5 Å². The molecule has 0 atom stereocenters. The van der Waals surface area contributed by atoms with Crippen LogP contribution in [0.3, 0.4) is 0 Å². The van der Waals surface area contributed by atoms with Crippen molar-refractivity contribution in [3.63, 3.8) is 0 Å². The zero-order valence-corrected chi connectivity index (χ0v) is 16.8. The smallest absolute Gasteiger partial charge is 0.282 e. The Hall–Kier alpha value is -3.59. The van der Waals surface area contributed by atoms with E-state index in [2.05, 4.69) is 20.4 Å². The van der Waals surface area contributed by atoms with Crippen LogP contribution in [0.2, 0.25) is 5.15 Å². The van der Waals surface area contributed by atoms with Crippen molar-refractivity contribution in [1.82, 2.24) is 29.8 Å². The number of benzene rings is 1. The molecule has 0 saturated carbocycles. The molecule has 0 bridgehead atoms. The first-order valence-corrected chi connectivity index (χ1v) is 9.35. The number of H-pyrrole nitrogens is 1. The van der Waals surface area contributed by atoms with Gasteiger partial charge in [0.25, 0.3) is 5.56 Å². The molecule has 0 aliphatic rings. The Bertz CT molecular complexity index is 1290. The number of nitrogens with zero attached hydrogens (tertiary/aromatic N) is 5. The third kappa shape index (κ3) is 3.55. The van der Waals surface area contributed by atoms with Crippen molar-refractivity contribution in [2.75, 3.05) is 0 Å². The maximum atomic E-state index is 13.2. The maximum absolute atomic E-state index is 13.2. The Labute approximate surface area is 174 Å². The standard InChI is InChI=1S/C20H16ClFN6O2/c1-11-17(20(30)28(25-11)15-6-4-14(22)5-7-15)19(29)18-12(2)27(26-24-18)10-13-3-8-16(21)23-9-13/h3-9,25H,10H2,1-2H3. The van der Waals surface area contributed by atoms with Crippen LogP contribution in [-0.2, 0) is 6.54 Å². The fourth-order valence-corrected chi connectivity index (χ4v) is 3.21. The molecule has 10 heteroatoms. The summed E-state index contributed by atoms with van der Waals surface area (Å²) >= 11 is 5.80. The monoisotopic (exact) mass is 426 g/mol. The van der Waals surface area contributed by atoms with Crippen LogP contribution < -0.4 is 5.56 Å². The molecule has 0 unspecified atom stereocenters. The number of nitrogens with one attached hydrogen (secondary N) is 1. The summed E-state index contributed by atoms with van der Waals surface area (Å²) in [6, 6.07) is 8.83. The second-order valence-corrected chi connectivity index (χ2v) is 7.12. The molecule has 0 radical (unpaired) electrons. The number of rotatable bonds is 5. The number of hydrogen-bond donors (Lipinski definition) is 1. The SMILES string of the molecule is Cc1[nH]n(-c2ccc(F)cc2)c(=O)c1C(=O)c1nnn(Cc2ccc(Cl)nc2)c1C. The zero-order valence-electron chi connectivity index (χ0n) is 16.1. The van der Waals surface area contributed by atoms with E-state index in [0.717, 1.165) is 5.56 Å². The average Bonchev–Trinajstić information content (AvgIpc) is 3.23. The van der Waals surface area contributed by atoms with E-state index in [4.69, 9.17) is 11.6 Å². The lowest BCUT2D eigenvalue weighted by molar-refractivity contribution is 0.103. The molecule has 0 aliphatic heterocycles. The van der Waals surface area contributed by atoms with Crippen LogP contribution in [0.15, 0.2) is 47.4 Å². The van der Waals surface area contributed by atoms with Gasteiger partial charge in [-0.15, -0.1) is 5.10 Å². The second kappa shape index (κ2) is 7.68. The number of hydrogen-bond acceptors (Lipinski definition) is 5. The summed E-state index contributed by atoms with van der Waals surface area (Å²) in [7, 11) is 0. The number of ketones is 1. The van der Waals surface area contributed by atoms with Gasteiger partial charge >= 0.3 is 0 Å². The van der Waals surface area contributed by atoms with Gasteiger partial charge in [0.05, 0.1) is 17.9 Å². The Kier molecular flexibility index (Phi) is 5.04. The minimum Gasteiger partial charge on any atom is -0.295 e. The molecule has 4 rings (SSSR count). The lowest BCUT2D eigenvalue weighted by Gasteiger charge is -2.03. The van der Waals surface area contributed by atoms with Gasteiger partial charge in [0.2, 0.25) is 5.78 Å². The highest BCUT2D eigenvalue weighted by molar-refractivity contribution is 6.29. The van der Waals surface area contributed by atoms with Crippen molar-refractivity contribution in [2.24, 2.45) is 0 Å². The van der Waals surface area contributed by atoms with Gasteiger partial charge in [0, 0.05) is 11.9 Å². The fraction of sp³-hybridized carbons (Fsp3) is 0.150. The zero-order chi connectivity index (χ0) is 21.4. The molecule has 30 heavy (non-hydrogen) atoms. The van der Waals surface area contributed by atoms with Crippen LogP contribution in [0.1, 0.15) is 33.0 Å². The summed E-state index contributed by atoms with van der Waals surface area (Å²) in [5.41, 5.74) is 1.65. The van der Waals surface area contributed by atoms with E-state index in [1.165, 1.54) is 28.9 Å². The fourth-order valence-electron chi connectivity index (χ4n) is 3.10. The van der Waals surface area contributed by atoms with E-state index in [9.17, 15) is 14.0 Å². The lowest BCUT2D eigenvalue weighted by atomic mass is 10.1. The highest BCUT2D eigenvalue weighted by Gasteiger charge is 2.25. The van der Waals surface area contributed by atoms with Crippen LogP contribution in [0, 0.1) is 19.7 Å². The highest BCUT2D eigenvalue weighted by Crippen LogP contribution is 2.15. The Morgan fingerprint density at radius 1 is 1.17 bits per heavy atom. The van der Waals surface area contributed by atoms with Gasteiger partial charge in [-0.25, -0.2) is 18.7 Å². The number of pyridine rings is 1. The van der Waals surface area contributed by atoms with Gasteiger partial charge in [-0.05, 0) is 49.7 Å². The van der Waals surface area contributed by atoms with Crippen LogP contribution in [0.5, 0.6) is 0 Å². The third-order valence-electron chi connectivity index (χ3n) is 4.70. The number of aryl methyl sites for hydroxylation is 1. The summed E-state index contributed by atoms with van der Waals surface area (Å²) in [6.07, 6.45) is 1.61. The van der Waals surface area contributed by atoms with Crippen molar-refractivity contribution in [3.05, 3.63) is 92.1 Å². The van der Waals surface area contributed by atoms with Crippen molar-refractivity contribution >= 4 is 17.4 Å².